The first-order chi connectivity index (χ1) is 22.5. The maximum absolute atomic E-state index is 14.5. The van der Waals surface area contributed by atoms with Crippen LogP contribution in [0.4, 0.5) is 0 Å². The largest absolute Gasteiger partial charge is 0.494 e. The van der Waals surface area contributed by atoms with Gasteiger partial charge in [-0.1, -0.05) is 95.6 Å². The van der Waals surface area contributed by atoms with Crippen molar-refractivity contribution in [3.63, 3.8) is 0 Å². The highest BCUT2D eigenvalue weighted by Gasteiger charge is 2.53. The van der Waals surface area contributed by atoms with Crippen molar-refractivity contribution in [2.24, 2.45) is 10.1 Å². The van der Waals surface area contributed by atoms with Crippen LogP contribution < -0.4 is 10.1 Å². The van der Waals surface area contributed by atoms with E-state index in [1.165, 1.54) is 0 Å². The molecule has 2 N–H and O–H groups in total. The van der Waals surface area contributed by atoms with Crippen LogP contribution in [0.2, 0.25) is 5.02 Å². The highest BCUT2D eigenvalue weighted by atomic mass is 35.5. The molecule has 10 heteroatoms. The summed E-state index contributed by atoms with van der Waals surface area (Å²) in [4.78, 5) is 22.5. The number of azide groups is 1. The molecule has 4 aromatic carbocycles. The number of rotatable bonds is 14. The number of amides is 1. The normalized spacial score (nSPS) is 17.2. The van der Waals surface area contributed by atoms with E-state index < -0.39 is 11.6 Å². The minimum absolute atomic E-state index is 0.0471. The predicted octanol–water partition coefficient (Wildman–Crippen LogP) is 7.59. The van der Waals surface area contributed by atoms with Crippen LogP contribution in [0.15, 0.2) is 119 Å². The van der Waals surface area contributed by atoms with E-state index in [9.17, 15) is 4.79 Å². The van der Waals surface area contributed by atoms with Crippen molar-refractivity contribution < 1.29 is 19.4 Å². The summed E-state index contributed by atoms with van der Waals surface area (Å²) >= 11 is 6.22. The van der Waals surface area contributed by atoms with Gasteiger partial charge in [-0.05, 0) is 64.2 Å². The highest BCUT2D eigenvalue weighted by Crippen LogP contribution is 2.44. The fourth-order valence-electron chi connectivity index (χ4n) is 5.26. The number of hydrogen-bond acceptors (Lipinski definition) is 6. The minimum Gasteiger partial charge on any atom is -0.494 e. The van der Waals surface area contributed by atoms with Crippen LogP contribution in [0.5, 0.6) is 5.75 Å². The van der Waals surface area contributed by atoms with Crippen LogP contribution in [0.1, 0.15) is 46.8 Å². The van der Waals surface area contributed by atoms with Crippen LogP contribution >= 0.6 is 11.6 Å². The van der Waals surface area contributed by atoms with Gasteiger partial charge in [-0.2, -0.15) is 0 Å². The third-order valence-corrected chi connectivity index (χ3v) is 7.79. The summed E-state index contributed by atoms with van der Waals surface area (Å²) in [6.45, 7) is 0.760. The van der Waals surface area contributed by atoms with E-state index in [2.05, 4.69) is 15.3 Å². The van der Waals surface area contributed by atoms with Gasteiger partial charge < -0.3 is 19.9 Å². The van der Waals surface area contributed by atoms with E-state index in [4.69, 9.17) is 36.7 Å². The number of aliphatic hydroxyl groups is 1. The molecule has 1 heterocycles. The van der Waals surface area contributed by atoms with Crippen molar-refractivity contribution in [2.45, 2.75) is 37.6 Å². The third kappa shape index (κ3) is 7.95. The van der Waals surface area contributed by atoms with Gasteiger partial charge in [-0.15, -0.1) is 0 Å². The molecular formula is C36H34ClN5O4. The molecule has 0 spiro atoms. The number of nitrogens with zero attached hydrogens (tertiary/aromatic N) is 4. The van der Waals surface area contributed by atoms with Crippen LogP contribution in [-0.2, 0) is 22.6 Å². The Morgan fingerprint density at radius 3 is 2.61 bits per heavy atom. The molecule has 4 aromatic rings. The lowest BCUT2D eigenvalue weighted by atomic mass is 9.82. The molecule has 0 unspecified atom stereocenters. The molecule has 2 atom stereocenters. The SMILES string of the molecule is [N-]=[N+]=NCc1ccccc1[C@H]1OC(c2ccc(OCCCO)cc2)=N[C@@]1(C/C=C/c1ccccc1)C(=O)NCc1cccc(Cl)c1. The van der Waals surface area contributed by atoms with Crippen LogP contribution in [-0.4, -0.2) is 35.7 Å². The number of halogens is 1. The predicted molar refractivity (Wildman–Crippen MR) is 179 cm³/mol. The number of carbonyl (C=O) groups excluding carboxylic acids is 1. The summed E-state index contributed by atoms with van der Waals surface area (Å²) < 4.78 is 12.3. The molecule has 0 radical (unpaired) electrons. The van der Waals surface area contributed by atoms with Crippen molar-refractivity contribution in [3.05, 3.63) is 152 Å². The van der Waals surface area contributed by atoms with Gasteiger partial charge >= 0.3 is 0 Å². The molecule has 0 saturated carbocycles. The first-order valence-electron chi connectivity index (χ1n) is 15.0. The van der Waals surface area contributed by atoms with Gasteiger partial charge in [0.15, 0.2) is 11.6 Å². The number of aliphatic imine (C=N–C) groups is 1. The summed E-state index contributed by atoms with van der Waals surface area (Å²) in [7, 11) is 0. The lowest BCUT2D eigenvalue weighted by molar-refractivity contribution is -0.129. The third-order valence-electron chi connectivity index (χ3n) is 7.55. The van der Waals surface area contributed by atoms with Gasteiger partial charge in [-0.3, -0.25) is 4.79 Å². The van der Waals surface area contributed by atoms with Crippen LogP contribution in [0.25, 0.3) is 16.5 Å². The van der Waals surface area contributed by atoms with E-state index in [-0.39, 0.29) is 32.0 Å². The molecule has 0 bridgehead atoms. The molecule has 0 aliphatic carbocycles. The van der Waals surface area contributed by atoms with Crippen molar-refractivity contribution in [3.8, 4) is 5.75 Å². The minimum atomic E-state index is -1.41. The van der Waals surface area contributed by atoms with Crippen LogP contribution in [0.3, 0.4) is 0 Å². The summed E-state index contributed by atoms with van der Waals surface area (Å²) in [5.74, 6) is 0.618. The Labute approximate surface area is 272 Å². The fourth-order valence-corrected chi connectivity index (χ4v) is 5.47. The number of hydrogen-bond donors (Lipinski definition) is 2. The molecule has 1 aliphatic heterocycles. The van der Waals surface area contributed by atoms with E-state index in [0.717, 1.165) is 16.7 Å². The number of benzene rings is 4. The lowest BCUT2D eigenvalue weighted by Gasteiger charge is -2.31. The Morgan fingerprint density at radius 1 is 1.07 bits per heavy atom. The Hall–Kier alpha value is -5.08. The molecule has 234 valence electrons. The lowest BCUT2D eigenvalue weighted by Crippen LogP contribution is -2.48. The molecule has 5 rings (SSSR count). The van der Waals surface area contributed by atoms with E-state index in [1.807, 2.05) is 91.0 Å². The summed E-state index contributed by atoms with van der Waals surface area (Å²) in [6, 6.07) is 31.9. The second kappa shape index (κ2) is 15.8. The Balaban J connectivity index is 1.57. The van der Waals surface area contributed by atoms with Crippen molar-refractivity contribution in [1.29, 1.82) is 0 Å². The second-order valence-electron chi connectivity index (χ2n) is 10.7. The molecule has 0 saturated heterocycles. The number of nitrogens with one attached hydrogen (secondary N) is 1. The van der Waals surface area contributed by atoms with E-state index in [1.54, 1.807) is 24.3 Å². The van der Waals surface area contributed by atoms with Gasteiger partial charge in [0.1, 0.15) is 5.75 Å². The quantitative estimate of drug-likeness (QED) is 0.0640. The molecule has 1 amide bonds. The summed E-state index contributed by atoms with van der Waals surface area (Å²) in [5, 5.41) is 16.5. The van der Waals surface area contributed by atoms with Gasteiger partial charge in [0.25, 0.3) is 5.91 Å². The van der Waals surface area contributed by atoms with Crippen molar-refractivity contribution in [2.75, 3.05) is 13.2 Å². The molecule has 0 aromatic heterocycles. The zero-order valence-electron chi connectivity index (χ0n) is 25.1. The maximum atomic E-state index is 14.5. The standard InChI is InChI=1S/C36H34ClN5O4/c37-30-14-6-11-27(23-30)24-39-35(44)36(20-7-12-26-9-2-1-3-10-26)33(32-15-5-4-13-29(32)25-40-42-38)46-34(41-36)28-16-18-31(19-17-28)45-22-8-21-43/h1-7,9-19,23,33,43H,8,20-22,24-25H2,(H,39,44)/b12-7+/t33-,36-/m1/s1. The first kappa shape index (κ1) is 32.3. The topological polar surface area (TPSA) is 129 Å². The molecule has 0 fully saturated rings. The average Bonchev–Trinajstić information content (AvgIpc) is 3.48. The average molecular weight is 636 g/mol. The molecule has 9 nitrogen and oxygen atoms in total. The van der Waals surface area contributed by atoms with Crippen molar-refractivity contribution in [1.82, 2.24) is 5.32 Å². The Morgan fingerprint density at radius 2 is 1.85 bits per heavy atom. The van der Waals surface area contributed by atoms with Gasteiger partial charge in [0.05, 0.1) is 13.2 Å². The fraction of sp³-hybridized carbons (Fsp3) is 0.222. The summed E-state index contributed by atoms with van der Waals surface area (Å²) in [6.07, 6.45) is 3.80. The second-order valence-corrected chi connectivity index (χ2v) is 11.1. The van der Waals surface area contributed by atoms with Crippen molar-refractivity contribution >= 4 is 29.5 Å². The van der Waals surface area contributed by atoms with Gasteiger partial charge in [0.2, 0.25) is 5.90 Å². The number of aliphatic hydroxyl groups excluding tert-OH is 1. The monoisotopic (exact) mass is 635 g/mol. The molecular weight excluding hydrogens is 602 g/mol. The number of carbonyl (C=O) groups is 1. The smallest absolute Gasteiger partial charge is 0.252 e. The van der Waals surface area contributed by atoms with E-state index in [0.29, 0.717) is 40.8 Å². The zero-order chi connectivity index (χ0) is 32.2. The van der Waals surface area contributed by atoms with Gasteiger partial charge in [0, 0.05) is 41.5 Å². The molecule has 1 aliphatic rings. The maximum Gasteiger partial charge on any atom is 0.252 e. The number of ether oxygens (including phenoxy) is 2. The highest BCUT2D eigenvalue weighted by molar-refractivity contribution is 6.30. The Bertz CT molecular complexity index is 1740. The zero-order valence-corrected chi connectivity index (χ0v) is 25.9. The Kier molecular flexibility index (Phi) is 11.1. The molecule has 46 heavy (non-hydrogen) atoms. The first-order valence-corrected chi connectivity index (χ1v) is 15.3. The van der Waals surface area contributed by atoms with E-state index >= 15 is 0 Å². The van der Waals surface area contributed by atoms with Gasteiger partial charge in [-0.25, -0.2) is 4.99 Å². The van der Waals surface area contributed by atoms with Crippen LogP contribution in [0, 0.1) is 0 Å². The summed E-state index contributed by atoms with van der Waals surface area (Å²) in [5.41, 5.74) is 11.6.